The fraction of sp³-hybridized carbons (Fsp3) is 0.400. The van der Waals surface area contributed by atoms with Gasteiger partial charge in [-0.05, 0) is 57.0 Å². The summed E-state index contributed by atoms with van der Waals surface area (Å²) >= 11 is 0. The molecular weight excluding hydrogens is 426 g/mol. The lowest BCUT2D eigenvalue weighted by Crippen LogP contribution is -2.25. The minimum atomic E-state index is -1.18. The minimum Gasteiger partial charge on any atom is -0.490 e. The summed E-state index contributed by atoms with van der Waals surface area (Å²) in [6.07, 6.45) is 0.693. The number of rotatable bonds is 12. The second-order valence-corrected chi connectivity index (χ2v) is 8.03. The van der Waals surface area contributed by atoms with Crippen LogP contribution in [0.2, 0.25) is 0 Å². The van der Waals surface area contributed by atoms with E-state index in [1.54, 1.807) is 24.3 Å². The lowest BCUT2D eigenvalue weighted by molar-refractivity contribution is -0.155. The lowest BCUT2D eigenvalue weighted by atomic mass is 9.91. The summed E-state index contributed by atoms with van der Waals surface area (Å²) in [5.74, 6) is -0.201. The van der Waals surface area contributed by atoms with Crippen molar-refractivity contribution in [1.82, 2.24) is 0 Å². The summed E-state index contributed by atoms with van der Waals surface area (Å²) in [5, 5.41) is 12.7. The van der Waals surface area contributed by atoms with Gasteiger partial charge in [0.2, 0.25) is 0 Å². The molecule has 2 aromatic carbocycles. The highest BCUT2D eigenvalue weighted by Crippen LogP contribution is 2.27. The molecule has 0 aliphatic rings. The molecule has 8 nitrogen and oxygen atoms in total. The van der Waals surface area contributed by atoms with Crippen LogP contribution in [-0.4, -0.2) is 43.1 Å². The maximum atomic E-state index is 12.3. The highest BCUT2D eigenvalue weighted by Gasteiger charge is 2.27. The summed E-state index contributed by atoms with van der Waals surface area (Å²) < 4.78 is 17.1. The van der Waals surface area contributed by atoms with Crippen molar-refractivity contribution in [2.24, 2.45) is 10.6 Å². The third-order valence-corrected chi connectivity index (χ3v) is 5.20. The zero-order valence-corrected chi connectivity index (χ0v) is 19.7. The molecular formula is C25H31NO7. The molecule has 0 spiro atoms. The average Bonchev–Trinajstić information content (AvgIpc) is 2.80. The first-order valence-electron chi connectivity index (χ1n) is 10.7. The molecule has 178 valence electrons. The lowest BCUT2D eigenvalue weighted by Gasteiger charge is -2.21. The number of esters is 1. The molecule has 0 fully saturated rings. The van der Waals surface area contributed by atoms with Crippen molar-refractivity contribution in [3.8, 4) is 11.5 Å². The number of aryl methyl sites for hydroxylation is 1. The summed E-state index contributed by atoms with van der Waals surface area (Å²) in [6.45, 7) is 8.29. The molecule has 33 heavy (non-hydrogen) atoms. The van der Waals surface area contributed by atoms with E-state index in [0.29, 0.717) is 23.5 Å². The van der Waals surface area contributed by atoms with Gasteiger partial charge in [-0.2, -0.15) is 0 Å². The number of hydrogen-bond acceptors (Lipinski definition) is 7. The molecule has 1 N–H and O–H groups in total. The fourth-order valence-corrected chi connectivity index (χ4v) is 2.84. The monoisotopic (exact) mass is 457 g/mol. The number of carboxylic acid groups (broad SMARTS) is 1. The van der Waals surface area contributed by atoms with E-state index in [-0.39, 0.29) is 31.5 Å². The van der Waals surface area contributed by atoms with E-state index in [1.165, 1.54) is 7.11 Å². The molecule has 0 saturated heterocycles. The Morgan fingerprint density at radius 1 is 1.03 bits per heavy atom. The second kappa shape index (κ2) is 11.9. The average molecular weight is 458 g/mol. The van der Waals surface area contributed by atoms with Crippen LogP contribution in [0.15, 0.2) is 47.6 Å². The minimum absolute atomic E-state index is 0.135. The van der Waals surface area contributed by atoms with Gasteiger partial charge in [-0.1, -0.05) is 30.3 Å². The van der Waals surface area contributed by atoms with Gasteiger partial charge < -0.3 is 24.2 Å². The van der Waals surface area contributed by atoms with Crippen LogP contribution in [0.3, 0.4) is 0 Å². The van der Waals surface area contributed by atoms with Gasteiger partial charge >= 0.3 is 11.9 Å². The Balaban J connectivity index is 1.94. The van der Waals surface area contributed by atoms with E-state index >= 15 is 0 Å². The Bertz CT molecular complexity index is 981. The van der Waals surface area contributed by atoms with E-state index in [2.05, 4.69) is 9.99 Å². The second-order valence-electron chi connectivity index (χ2n) is 8.03. The van der Waals surface area contributed by atoms with E-state index in [0.717, 1.165) is 11.1 Å². The highest BCUT2D eigenvalue weighted by atomic mass is 16.6. The van der Waals surface area contributed by atoms with Crippen LogP contribution < -0.4 is 9.47 Å². The predicted molar refractivity (Wildman–Crippen MR) is 124 cm³/mol. The van der Waals surface area contributed by atoms with Crippen LogP contribution in [0.5, 0.6) is 11.5 Å². The van der Waals surface area contributed by atoms with E-state index in [9.17, 15) is 14.7 Å². The number of carbonyl (C=O) groups is 2. The number of para-hydroxylation sites is 1. The van der Waals surface area contributed by atoms with Gasteiger partial charge in [0.1, 0.15) is 38.4 Å². The molecule has 0 atom stereocenters. The largest absolute Gasteiger partial charge is 0.490 e. The van der Waals surface area contributed by atoms with Crippen molar-refractivity contribution >= 4 is 17.7 Å². The van der Waals surface area contributed by atoms with E-state index in [4.69, 9.17) is 14.2 Å². The maximum Gasteiger partial charge on any atom is 0.358 e. The molecule has 8 heteroatoms. The number of carboxylic acids is 1. The van der Waals surface area contributed by atoms with Crippen molar-refractivity contribution in [2.45, 2.75) is 40.7 Å². The topological polar surface area (TPSA) is 104 Å². The molecule has 0 saturated carbocycles. The number of aliphatic carboxylic acids is 1. The molecule has 0 aliphatic carbocycles. The van der Waals surface area contributed by atoms with Crippen molar-refractivity contribution < 1.29 is 33.7 Å². The predicted octanol–water partition coefficient (Wildman–Crippen LogP) is 4.37. The first kappa shape index (κ1) is 25.7. The maximum absolute atomic E-state index is 12.3. The van der Waals surface area contributed by atoms with Crippen LogP contribution in [0.1, 0.15) is 43.9 Å². The molecule has 0 radical (unpaired) electrons. The van der Waals surface area contributed by atoms with Crippen LogP contribution in [0.25, 0.3) is 0 Å². The summed E-state index contributed by atoms with van der Waals surface area (Å²) in [6, 6.07) is 12.2. The van der Waals surface area contributed by atoms with E-state index < -0.39 is 11.4 Å². The summed E-state index contributed by atoms with van der Waals surface area (Å²) in [5.41, 5.74) is 1.40. The van der Waals surface area contributed by atoms with Crippen molar-refractivity contribution in [1.29, 1.82) is 0 Å². The number of carbonyl (C=O) groups excluding carboxylic acids is 1. The van der Waals surface area contributed by atoms with Crippen LogP contribution in [0.4, 0.5) is 0 Å². The Kier molecular flexibility index (Phi) is 9.27. The molecule has 0 amide bonds. The molecule has 0 heterocycles. The third kappa shape index (κ3) is 7.24. The number of oxime groups is 1. The van der Waals surface area contributed by atoms with E-state index in [1.807, 2.05) is 45.9 Å². The van der Waals surface area contributed by atoms with Gasteiger partial charge in [-0.25, -0.2) is 4.79 Å². The Morgan fingerprint density at radius 2 is 1.70 bits per heavy atom. The normalized spacial score (nSPS) is 11.6. The van der Waals surface area contributed by atoms with Crippen LogP contribution >= 0.6 is 0 Å². The zero-order valence-electron chi connectivity index (χ0n) is 19.7. The number of hydrogen-bond donors (Lipinski definition) is 1. The smallest absolute Gasteiger partial charge is 0.358 e. The highest BCUT2D eigenvalue weighted by molar-refractivity contribution is 6.42. The standard InChI is InChI=1S/C25H31NO7/c1-6-25(3,4)24(29)33-16-19-9-7-8-17(2)22(19)32-15-14-31-20-12-10-18(11-13-20)21(23(27)28)26-30-5/h7-13H,6,14-16H2,1-5H3,(H,27,28)/b26-21+. The summed E-state index contributed by atoms with van der Waals surface area (Å²) in [4.78, 5) is 28.1. The van der Waals surface area contributed by atoms with Gasteiger partial charge in [0.05, 0.1) is 5.41 Å². The van der Waals surface area contributed by atoms with Crippen molar-refractivity contribution in [3.05, 3.63) is 59.2 Å². The van der Waals surface area contributed by atoms with Crippen molar-refractivity contribution in [3.63, 3.8) is 0 Å². The molecule has 0 unspecified atom stereocenters. The first-order valence-corrected chi connectivity index (χ1v) is 10.7. The van der Waals surface area contributed by atoms with Crippen LogP contribution in [0, 0.1) is 12.3 Å². The van der Waals surface area contributed by atoms with Gasteiger partial charge in [0, 0.05) is 11.1 Å². The SMILES string of the molecule is CCC(C)(C)C(=O)OCc1cccc(C)c1OCCOc1ccc(/C(=N\OC)C(=O)O)cc1. The number of ether oxygens (including phenoxy) is 3. The Labute approximate surface area is 194 Å². The van der Waals surface area contributed by atoms with Gasteiger partial charge in [0.15, 0.2) is 5.71 Å². The quantitative estimate of drug-likeness (QED) is 0.218. The third-order valence-electron chi connectivity index (χ3n) is 5.20. The number of benzene rings is 2. The van der Waals surface area contributed by atoms with Crippen LogP contribution in [-0.2, 0) is 25.8 Å². The molecule has 0 aliphatic heterocycles. The Morgan fingerprint density at radius 3 is 2.30 bits per heavy atom. The fourth-order valence-electron chi connectivity index (χ4n) is 2.84. The van der Waals surface area contributed by atoms with Gasteiger partial charge in [0.25, 0.3) is 0 Å². The zero-order chi connectivity index (χ0) is 24.4. The van der Waals surface area contributed by atoms with Crippen molar-refractivity contribution in [2.75, 3.05) is 20.3 Å². The van der Waals surface area contributed by atoms with Gasteiger partial charge in [-0.15, -0.1) is 0 Å². The molecule has 2 aromatic rings. The first-order chi connectivity index (χ1) is 15.7. The molecule has 0 aromatic heterocycles. The Hall–Kier alpha value is -3.55. The molecule has 2 rings (SSSR count). The number of nitrogens with zero attached hydrogens (tertiary/aromatic N) is 1. The summed E-state index contributed by atoms with van der Waals surface area (Å²) in [7, 11) is 1.29. The van der Waals surface area contributed by atoms with Gasteiger partial charge in [-0.3, -0.25) is 4.79 Å². The molecule has 0 bridgehead atoms.